The van der Waals surface area contributed by atoms with Gasteiger partial charge in [0.25, 0.3) is 0 Å². The number of anilines is 5. The molecule has 4 rings (SSSR count). The second-order valence-corrected chi connectivity index (χ2v) is 11.1. The van der Waals surface area contributed by atoms with Crippen LogP contribution in [0.3, 0.4) is 0 Å². The molecule has 0 unspecified atom stereocenters. The van der Waals surface area contributed by atoms with Gasteiger partial charge in [-0.1, -0.05) is 23.7 Å². The van der Waals surface area contributed by atoms with Gasteiger partial charge >= 0.3 is 0 Å². The Labute approximate surface area is 221 Å². The summed E-state index contributed by atoms with van der Waals surface area (Å²) in [6.45, 7) is 3.82. The molecule has 4 N–H and O–H groups in total. The third-order valence-corrected chi connectivity index (χ3v) is 7.49. The number of benzene rings is 2. The molecule has 2 heterocycles. The molecule has 1 amide bonds. The fourth-order valence-corrected chi connectivity index (χ4v) is 5.15. The Morgan fingerprint density at radius 2 is 1.89 bits per heavy atom. The Bertz CT molecular complexity index is 1390. The molecule has 12 heteroatoms. The lowest BCUT2D eigenvalue weighted by molar-refractivity contribution is -0.122. The molecule has 0 bridgehead atoms. The van der Waals surface area contributed by atoms with E-state index < -0.39 is 9.84 Å². The standard InChI is InChI=1S/C25H29ClN6O4S/c1-3-36-21-14-17(32-12-10-16(11-13-32)23(27)33)8-9-19(21)30-25-28-15-18(26)24(31-25)29-20-6-4-5-7-22(20)37(2,34)35/h4-9,14-16H,3,10-13H2,1-2H3,(H2,27,33)(H2,28,29,30,31). The number of rotatable bonds is 9. The first-order valence-electron chi connectivity index (χ1n) is 11.8. The van der Waals surface area contributed by atoms with Crippen LogP contribution in [0.5, 0.6) is 5.75 Å². The van der Waals surface area contributed by atoms with E-state index in [0.29, 0.717) is 23.7 Å². The predicted octanol–water partition coefficient (Wildman–Crippen LogP) is 4.12. The molecule has 37 heavy (non-hydrogen) atoms. The molecular weight excluding hydrogens is 516 g/mol. The summed E-state index contributed by atoms with van der Waals surface area (Å²) in [5, 5.41) is 6.40. The van der Waals surface area contributed by atoms with Crippen LogP contribution >= 0.6 is 11.6 Å². The number of ether oxygens (including phenoxy) is 1. The number of nitrogens with zero attached hydrogens (tertiary/aromatic N) is 3. The van der Waals surface area contributed by atoms with Gasteiger partial charge in [-0.15, -0.1) is 0 Å². The van der Waals surface area contributed by atoms with E-state index in [1.54, 1.807) is 18.2 Å². The maximum Gasteiger partial charge on any atom is 0.229 e. The number of aromatic nitrogens is 2. The van der Waals surface area contributed by atoms with Crippen molar-refractivity contribution in [2.24, 2.45) is 11.7 Å². The van der Waals surface area contributed by atoms with Crippen molar-refractivity contribution in [1.29, 1.82) is 0 Å². The van der Waals surface area contributed by atoms with Gasteiger partial charge < -0.3 is 26.0 Å². The summed E-state index contributed by atoms with van der Waals surface area (Å²) in [5.41, 5.74) is 7.45. The summed E-state index contributed by atoms with van der Waals surface area (Å²) in [7, 11) is -3.47. The van der Waals surface area contributed by atoms with Crippen molar-refractivity contribution in [3.63, 3.8) is 0 Å². The van der Waals surface area contributed by atoms with Gasteiger partial charge in [-0.25, -0.2) is 13.4 Å². The van der Waals surface area contributed by atoms with Crippen LogP contribution in [0.4, 0.5) is 28.8 Å². The number of sulfone groups is 1. The topological polar surface area (TPSA) is 140 Å². The van der Waals surface area contributed by atoms with Crippen molar-refractivity contribution in [2.45, 2.75) is 24.7 Å². The fourth-order valence-electron chi connectivity index (χ4n) is 4.16. The first-order chi connectivity index (χ1) is 17.7. The van der Waals surface area contributed by atoms with Gasteiger partial charge in [0.2, 0.25) is 11.9 Å². The molecule has 1 saturated heterocycles. The molecule has 10 nitrogen and oxygen atoms in total. The molecule has 0 spiro atoms. The van der Waals surface area contributed by atoms with E-state index in [1.807, 2.05) is 25.1 Å². The Morgan fingerprint density at radius 1 is 1.16 bits per heavy atom. The van der Waals surface area contributed by atoms with Gasteiger partial charge in [0, 0.05) is 37.0 Å². The van der Waals surface area contributed by atoms with E-state index in [-0.39, 0.29) is 33.5 Å². The number of halogens is 1. The lowest BCUT2D eigenvalue weighted by Gasteiger charge is -2.32. The zero-order chi connectivity index (χ0) is 26.6. The maximum atomic E-state index is 12.2. The highest BCUT2D eigenvalue weighted by Crippen LogP contribution is 2.34. The van der Waals surface area contributed by atoms with Crippen LogP contribution in [0.25, 0.3) is 0 Å². The smallest absolute Gasteiger partial charge is 0.229 e. The third kappa shape index (κ3) is 6.41. The molecule has 196 valence electrons. The summed E-state index contributed by atoms with van der Waals surface area (Å²) in [6, 6.07) is 12.3. The highest BCUT2D eigenvalue weighted by atomic mass is 35.5. The zero-order valence-electron chi connectivity index (χ0n) is 20.6. The van der Waals surface area contributed by atoms with Crippen molar-refractivity contribution >= 4 is 56.2 Å². The first kappa shape index (κ1) is 26.5. The van der Waals surface area contributed by atoms with Crippen LogP contribution in [0, 0.1) is 5.92 Å². The van der Waals surface area contributed by atoms with Crippen LogP contribution in [-0.4, -0.2) is 50.2 Å². The zero-order valence-corrected chi connectivity index (χ0v) is 22.1. The molecule has 0 atom stereocenters. The minimum absolute atomic E-state index is 0.0854. The lowest BCUT2D eigenvalue weighted by Crippen LogP contribution is -2.38. The van der Waals surface area contributed by atoms with E-state index in [4.69, 9.17) is 22.1 Å². The molecule has 1 aliphatic heterocycles. The summed E-state index contributed by atoms with van der Waals surface area (Å²) in [5.74, 6) is 0.790. The molecule has 1 aromatic heterocycles. The van der Waals surface area contributed by atoms with Crippen molar-refractivity contribution in [3.8, 4) is 5.75 Å². The second-order valence-electron chi connectivity index (χ2n) is 8.69. The lowest BCUT2D eigenvalue weighted by atomic mass is 9.96. The third-order valence-electron chi connectivity index (χ3n) is 6.06. The number of nitrogens with one attached hydrogen (secondary N) is 2. The number of carbonyl (C=O) groups is 1. The predicted molar refractivity (Wildman–Crippen MR) is 145 cm³/mol. The number of nitrogens with two attached hydrogens (primary N) is 1. The van der Waals surface area contributed by atoms with Crippen LogP contribution in [0.1, 0.15) is 19.8 Å². The molecule has 0 aliphatic carbocycles. The normalized spacial score (nSPS) is 14.3. The molecule has 0 saturated carbocycles. The van der Waals surface area contributed by atoms with Crippen molar-refractivity contribution in [2.75, 3.05) is 41.5 Å². The van der Waals surface area contributed by atoms with Gasteiger partial charge in [-0.2, -0.15) is 4.98 Å². The Morgan fingerprint density at radius 3 is 2.57 bits per heavy atom. The van der Waals surface area contributed by atoms with Gasteiger partial charge in [0.15, 0.2) is 15.7 Å². The minimum atomic E-state index is -3.47. The highest BCUT2D eigenvalue weighted by Gasteiger charge is 2.24. The van der Waals surface area contributed by atoms with Gasteiger partial charge in [-0.05, 0) is 44.0 Å². The molecule has 1 fully saturated rings. The number of amides is 1. The van der Waals surface area contributed by atoms with E-state index in [2.05, 4.69) is 25.5 Å². The Balaban J connectivity index is 1.56. The summed E-state index contributed by atoms with van der Waals surface area (Å²) >= 11 is 6.31. The van der Waals surface area contributed by atoms with Crippen molar-refractivity contribution in [3.05, 3.63) is 53.7 Å². The summed E-state index contributed by atoms with van der Waals surface area (Å²) in [6.07, 6.45) is 4.01. The number of carbonyl (C=O) groups excluding carboxylic acids is 1. The van der Waals surface area contributed by atoms with E-state index >= 15 is 0 Å². The van der Waals surface area contributed by atoms with Gasteiger partial charge in [0.1, 0.15) is 10.8 Å². The largest absolute Gasteiger partial charge is 0.492 e. The first-order valence-corrected chi connectivity index (χ1v) is 14.1. The molecule has 0 radical (unpaired) electrons. The molecule has 1 aliphatic rings. The summed E-state index contributed by atoms with van der Waals surface area (Å²) in [4.78, 5) is 22.5. The quantitative estimate of drug-likeness (QED) is 0.363. The van der Waals surface area contributed by atoms with Gasteiger partial charge in [-0.3, -0.25) is 4.79 Å². The molecule has 2 aromatic carbocycles. The van der Waals surface area contributed by atoms with Crippen molar-refractivity contribution in [1.82, 2.24) is 9.97 Å². The number of hydrogen-bond donors (Lipinski definition) is 3. The number of para-hydroxylation sites is 1. The molecule has 3 aromatic rings. The van der Waals surface area contributed by atoms with Crippen LogP contribution in [-0.2, 0) is 14.6 Å². The fraction of sp³-hybridized carbons (Fsp3) is 0.320. The van der Waals surface area contributed by atoms with Crippen LogP contribution in [0.15, 0.2) is 53.6 Å². The number of primary amides is 1. The Hall–Kier alpha value is -3.57. The number of piperidine rings is 1. The molecular formula is C25H29ClN6O4S. The van der Waals surface area contributed by atoms with E-state index in [9.17, 15) is 13.2 Å². The minimum Gasteiger partial charge on any atom is -0.492 e. The van der Waals surface area contributed by atoms with Gasteiger partial charge in [0.05, 0.1) is 29.1 Å². The van der Waals surface area contributed by atoms with Crippen molar-refractivity contribution < 1.29 is 17.9 Å². The average molecular weight is 545 g/mol. The van der Waals surface area contributed by atoms with E-state index in [1.165, 1.54) is 12.3 Å². The van der Waals surface area contributed by atoms with E-state index in [0.717, 1.165) is 37.9 Å². The second kappa shape index (κ2) is 11.2. The monoisotopic (exact) mass is 544 g/mol. The van der Waals surface area contributed by atoms with Crippen LogP contribution < -0.4 is 26.0 Å². The number of hydrogen-bond acceptors (Lipinski definition) is 9. The van der Waals surface area contributed by atoms with Crippen LogP contribution in [0.2, 0.25) is 5.02 Å². The Kier molecular flexibility index (Phi) is 8.03. The SMILES string of the molecule is CCOc1cc(N2CCC(C(N)=O)CC2)ccc1Nc1ncc(Cl)c(Nc2ccccc2S(C)(=O)=O)n1. The highest BCUT2D eigenvalue weighted by molar-refractivity contribution is 7.90. The average Bonchev–Trinajstić information content (AvgIpc) is 2.87. The summed E-state index contributed by atoms with van der Waals surface area (Å²) < 4.78 is 30.2. The maximum absolute atomic E-state index is 12.2.